The van der Waals surface area contributed by atoms with Crippen LogP contribution in [0, 0.1) is 0 Å². The van der Waals surface area contributed by atoms with Gasteiger partial charge < -0.3 is 43.0 Å². The van der Waals surface area contributed by atoms with E-state index in [0.717, 1.165) is 13.0 Å². The Morgan fingerprint density at radius 1 is 0.441 bits per heavy atom. The predicted molar refractivity (Wildman–Crippen MR) is 128 cm³/mol. The maximum Gasteiger partial charge on any atom is 0.329 e. The van der Waals surface area contributed by atoms with Crippen LogP contribution >= 0.6 is 0 Å². The molecule has 0 aromatic rings. The van der Waals surface area contributed by atoms with Crippen molar-refractivity contribution in [3.8, 4) is 0 Å². The van der Waals surface area contributed by atoms with Crippen molar-refractivity contribution < 1.29 is 47.8 Å². The third kappa shape index (κ3) is 31.1. The third-order valence-electron chi connectivity index (χ3n) is 4.47. The summed E-state index contributed by atoms with van der Waals surface area (Å²) in [6.45, 7) is 9.61. The van der Waals surface area contributed by atoms with E-state index in [1.165, 1.54) is 32.1 Å². The van der Waals surface area contributed by atoms with Crippen molar-refractivity contribution >= 4 is 5.97 Å². The van der Waals surface area contributed by atoms with Crippen molar-refractivity contribution in [3.05, 3.63) is 0 Å². The average Bonchev–Trinajstić information content (AvgIpc) is 2.83. The van der Waals surface area contributed by atoms with E-state index < -0.39 is 5.97 Å². The van der Waals surface area contributed by atoms with Crippen molar-refractivity contribution in [1.29, 1.82) is 0 Å². The van der Waals surface area contributed by atoms with Gasteiger partial charge in [0.15, 0.2) is 0 Å². The molecular formula is C24H48O10. The van der Waals surface area contributed by atoms with Crippen LogP contribution in [-0.4, -0.2) is 117 Å². The lowest BCUT2D eigenvalue weighted by molar-refractivity contribution is -0.142. The van der Waals surface area contributed by atoms with Crippen LogP contribution in [-0.2, 0) is 42.7 Å². The first-order chi connectivity index (χ1) is 16.8. The van der Waals surface area contributed by atoms with Gasteiger partial charge in [0.1, 0.15) is 6.61 Å². The van der Waals surface area contributed by atoms with Gasteiger partial charge in [-0.25, -0.2) is 4.79 Å². The highest BCUT2D eigenvalue weighted by Crippen LogP contribution is 2.04. The first kappa shape index (κ1) is 33.1. The molecular weight excluding hydrogens is 448 g/mol. The van der Waals surface area contributed by atoms with E-state index in [2.05, 4.69) is 6.92 Å². The second-order valence-electron chi connectivity index (χ2n) is 7.50. The van der Waals surface area contributed by atoms with Crippen LogP contribution in [0.1, 0.15) is 45.4 Å². The molecule has 1 N–H and O–H groups in total. The molecule has 0 amide bonds. The number of aliphatic carboxylic acids is 1. The Hall–Kier alpha value is -0.850. The van der Waals surface area contributed by atoms with Gasteiger partial charge in [-0.15, -0.1) is 0 Å². The molecule has 10 heteroatoms. The van der Waals surface area contributed by atoms with Crippen molar-refractivity contribution in [2.24, 2.45) is 0 Å². The normalized spacial score (nSPS) is 11.3. The van der Waals surface area contributed by atoms with Crippen molar-refractivity contribution in [2.45, 2.75) is 45.4 Å². The molecule has 0 unspecified atom stereocenters. The van der Waals surface area contributed by atoms with Gasteiger partial charge in [-0.2, -0.15) is 0 Å². The topological polar surface area (TPSA) is 111 Å². The van der Waals surface area contributed by atoms with Gasteiger partial charge >= 0.3 is 5.97 Å². The number of carbonyl (C=O) groups is 1. The molecule has 204 valence electrons. The fraction of sp³-hybridized carbons (Fsp3) is 0.958. The third-order valence-corrected chi connectivity index (χ3v) is 4.47. The minimum absolute atomic E-state index is 0.253. The highest BCUT2D eigenvalue weighted by atomic mass is 16.6. The molecule has 0 radical (unpaired) electrons. The monoisotopic (exact) mass is 496 g/mol. The summed E-state index contributed by atoms with van der Waals surface area (Å²) in [6.07, 6.45) is 7.66. The van der Waals surface area contributed by atoms with Crippen LogP contribution in [0.5, 0.6) is 0 Å². The molecule has 0 aromatic heterocycles. The largest absolute Gasteiger partial charge is 0.480 e. The molecule has 0 spiro atoms. The quantitative estimate of drug-likeness (QED) is 0.149. The van der Waals surface area contributed by atoms with E-state index in [9.17, 15) is 4.79 Å². The average molecular weight is 497 g/mol. The summed E-state index contributed by atoms with van der Waals surface area (Å²) in [5.74, 6) is -0.988. The van der Waals surface area contributed by atoms with Crippen LogP contribution in [0.4, 0.5) is 0 Å². The fourth-order valence-electron chi connectivity index (χ4n) is 2.68. The van der Waals surface area contributed by atoms with E-state index in [-0.39, 0.29) is 13.2 Å². The number of carboxylic acids is 1. The van der Waals surface area contributed by atoms with Crippen molar-refractivity contribution in [2.75, 3.05) is 106 Å². The summed E-state index contributed by atoms with van der Waals surface area (Å²) in [6, 6.07) is 0. The molecule has 0 aliphatic rings. The molecule has 0 rings (SSSR count). The zero-order chi connectivity index (χ0) is 24.8. The Morgan fingerprint density at radius 2 is 0.735 bits per heavy atom. The summed E-state index contributed by atoms with van der Waals surface area (Å²) in [5, 5.41) is 8.40. The Kier molecular flexibility index (Phi) is 29.4. The summed E-state index contributed by atoms with van der Waals surface area (Å²) in [4.78, 5) is 10.2. The van der Waals surface area contributed by atoms with Crippen molar-refractivity contribution in [1.82, 2.24) is 0 Å². The maximum atomic E-state index is 10.2. The van der Waals surface area contributed by atoms with E-state index >= 15 is 0 Å². The van der Waals surface area contributed by atoms with Gasteiger partial charge in [0.2, 0.25) is 0 Å². The van der Waals surface area contributed by atoms with E-state index in [4.69, 9.17) is 43.0 Å². The molecule has 0 aliphatic heterocycles. The molecule has 0 aliphatic carbocycles. The lowest BCUT2D eigenvalue weighted by Gasteiger charge is -2.08. The fourth-order valence-corrected chi connectivity index (χ4v) is 2.68. The number of hydrogen-bond donors (Lipinski definition) is 1. The number of hydrogen-bond acceptors (Lipinski definition) is 9. The van der Waals surface area contributed by atoms with Gasteiger partial charge in [-0.1, -0.05) is 39.0 Å². The first-order valence-corrected chi connectivity index (χ1v) is 12.6. The second kappa shape index (κ2) is 30.2. The molecule has 34 heavy (non-hydrogen) atoms. The van der Waals surface area contributed by atoms with Gasteiger partial charge in [0.25, 0.3) is 0 Å². The Morgan fingerprint density at radius 3 is 1.09 bits per heavy atom. The number of unbranched alkanes of at least 4 members (excludes halogenated alkanes) is 5. The molecule has 0 atom stereocenters. The van der Waals surface area contributed by atoms with Crippen LogP contribution in [0.15, 0.2) is 0 Å². The zero-order valence-electron chi connectivity index (χ0n) is 21.2. The number of ether oxygens (including phenoxy) is 8. The van der Waals surface area contributed by atoms with Crippen molar-refractivity contribution in [3.63, 3.8) is 0 Å². The Balaban J connectivity index is 3.01. The molecule has 0 bridgehead atoms. The minimum atomic E-state index is -0.988. The van der Waals surface area contributed by atoms with Crippen LogP contribution in [0.25, 0.3) is 0 Å². The van der Waals surface area contributed by atoms with E-state index in [1.807, 2.05) is 0 Å². The Bertz CT molecular complexity index is 398. The maximum absolute atomic E-state index is 10.2. The zero-order valence-corrected chi connectivity index (χ0v) is 21.2. The molecule has 10 nitrogen and oxygen atoms in total. The standard InChI is InChI=1S/C24H48O10/c1-2-3-4-5-6-7-8-27-9-10-28-11-12-29-13-14-30-15-16-31-17-18-32-19-20-33-21-22-34-23-24(25)26/h2-23H2,1H3,(H,25,26). The lowest BCUT2D eigenvalue weighted by Crippen LogP contribution is -2.15. The van der Waals surface area contributed by atoms with E-state index in [0.29, 0.717) is 85.9 Å². The van der Waals surface area contributed by atoms with Crippen LogP contribution in [0.2, 0.25) is 0 Å². The predicted octanol–water partition coefficient (Wildman–Crippen LogP) is 2.56. The summed E-state index contributed by atoms with van der Waals surface area (Å²) in [5.41, 5.74) is 0. The van der Waals surface area contributed by atoms with Crippen LogP contribution in [0.3, 0.4) is 0 Å². The van der Waals surface area contributed by atoms with Gasteiger partial charge in [0, 0.05) is 6.61 Å². The highest BCUT2D eigenvalue weighted by molar-refractivity contribution is 5.67. The smallest absolute Gasteiger partial charge is 0.329 e. The molecule has 0 saturated heterocycles. The van der Waals surface area contributed by atoms with Gasteiger partial charge in [0.05, 0.1) is 92.5 Å². The molecule has 0 heterocycles. The molecule has 0 fully saturated rings. The second-order valence-corrected chi connectivity index (χ2v) is 7.50. The SMILES string of the molecule is CCCCCCCCOCCOCCOCCOCCOCCOCCOCCOCC(=O)O. The summed E-state index contributed by atoms with van der Waals surface area (Å²) in [7, 11) is 0. The Labute approximate surface area is 205 Å². The number of carboxylic acid groups (broad SMARTS) is 1. The highest BCUT2D eigenvalue weighted by Gasteiger charge is 1.97. The molecule has 0 aromatic carbocycles. The van der Waals surface area contributed by atoms with E-state index in [1.54, 1.807) is 0 Å². The van der Waals surface area contributed by atoms with Gasteiger partial charge in [-0.05, 0) is 6.42 Å². The lowest BCUT2D eigenvalue weighted by atomic mass is 10.1. The minimum Gasteiger partial charge on any atom is -0.480 e. The number of rotatable bonds is 30. The summed E-state index contributed by atoms with van der Waals surface area (Å²) < 4.78 is 42.7. The first-order valence-electron chi connectivity index (χ1n) is 12.6. The summed E-state index contributed by atoms with van der Waals surface area (Å²) >= 11 is 0. The van der Waals surface area contributed by atoms with Gasteiger partial charge in [-0.3, -0.25) is 0 Å². The van der Waals surface area contributed by atoms with Crippen LogP contribution < -0.4 is 0 Å². The molecule has 0 saturated carbocycles.